The molecule has 2 N–H and O–H groups in total. The molecule has 0 saturated heterocycles. The van der Waals surface area contributed by atoms with E-state index in [2.05, 4.69) is 0 Å². The van der Waals surface area contributed by atoms with Gasteiger partial charge in [-0.1, -0.05) is 0 Å². The maximum absolute atomic E-state index is 8.80. The van der Waals surface area contributed by atoms with E-state index in [4.69, 9.17) is 16.0 Å². The van der Waals surface area contributed by atoms with Crippen molar-refractivity contribution in [2.45, 2.75) is 0 Å². The third-order valence-corrected chi connectivity index (χ3v) is 0. The van der Waals surface area contributed by atoms with Crippen LogP contribution in [0.3, 0.4) is 0 Å². The summed E-state index contributed by atoms with van der Waals surface area (Å²) in [5.74, 6) is 0. The molecule has 0 aliphatic rings. The second-order valence-electron chi connectivity index (χ2n) is 0.415. The normalized spacial score (nSPS) is 7.25. The van der Waals surface area contributed by atoms with Crippen molar-refractivity contribution in [2.24, 2.45) is 0 Å². The molecule has 0 rings (SSSR count). The Labute approximate surface area is 81.5 Å². The van der Waals surface area contributed by atoms with Crippen LogP contribution in [0.1, 0.15) is 0 Å². The second-order valence-corrected chi connectivity index (χ2v) is 1.71. The zero-order valence-corrected chi connectivity index (χ0v) is 6.20. The van der Waals surface area contributed by atoms with Crippen LogP contribution in [0.5, 0.6) is 0 Å². The first kappa shape index (κ1) is 22.6. The summed E-state index contributed by atoms with van der Waals surface area (Å²) in [4.78, 5) is 0. The van der Waals surface area contributed by atoms with E-state index in [0.29, 0.717) is 0 Å². The van der Waals surface area contributed by atoms with Gasteiger partial charge in [0.1, 0.15) is 0 Å². The molecule has 0 aliphatic carbocycles. The summed E-state index contributed by atoms with van der Waals surface area (Å²) >= 11 is -5.12. The van der Waals surface area contributed by atoms with E-state index in [-0.39, 0.29) is 52.7 Å². The van der Waals surface area contributed by atoms with Crippen LogP contribution in [0.2, 0.25) is 0 Å². The van der Waals surface area contributed by atoms with E-state index in [1.807, 2.05) is 0 Å². The first-order chi connectivity index (χ1) is 2.00. The van der Waals surface area contributed by atoms with Crippen LogP contribution in [0.25, 0.3) is 0 Å². The summed E-state index contributed by atoms with van der Waals surface area (Å²) < 4.78 is 31.8. The van der Waals surface area contributed by atoms with Gasteiger partial charge in [-0.3, -0.25) is 0 Å². The Morgan fingerprint density at radius 2 is 1.12 bits per heavy atom. The molecule has 0 aromatic heterocycles. The van der Waals surface area contributed by atoms with Crippen LogP contribution < -0.4 is 0 Å². The fourth-order valence-corrected chi connectivity index (χ4v) is 0. The van der Waals surface area contributed by atoms with Gasteiger partial charge < -0.3 is 0 Å². The average molecular weight is 243 g/mol. The van der Waals surface area contributed by atoms with Crippen LogP contribution in [0.4, 0.5) is 0 Å². The van der Waals surface area contributed by atoms with E-state index >= 15 is 0 Å². The minimum absolute atomic E-state index is 0. The molecule has 8 heavy (non-hydrogen) atoms. The van der Waals surface area contributed by atoms with Gasteiger partial charge in [-0.2, -0.15) is 0 Å². The Balaban J connectivity index is -0.0000000267. The molecule has 0 spiro atoms. The summed E-state index contributed by atoms with van der Waals surface area (Å²) in [6, 6.07) is 0. The molecule has 2 radical (unpaired) electrons. The van der Waals surface area contributed by atoms with Crippen LogP contribution in [-0.4, -0.2) is 27.2 Å². The number of hydrogen-bond acceptors (Lipinski definition) is 2. The summed E-state index contributed by atoms with van der Waals surface area (Å²) in [5.41, 5.74) is 0. The summed E-state index contributed by atoms with van der Waals surface area (Å²) in [6.45, 7) is 0. The molecule has 0 atom stereocenters. The standard InChI is InChI=1S/Co.Li.2Mn.2H2O.2O.H/h;;;;2*1H2;;;/q;;;+2;;;;;/p-2. The monoisotopic (exact) mass is 243 g/mol. The minimum atomic E-state index is -5.12. The number of hydrogen-bond donors (Lipinski definition) is 2. The fourth-order valence-electron chi connectivity index (χ4n) is 0. The Bertz CT molecular complexity index is 97.2. The molecular formula is H3CoLiMn2O4. The quantitative estimate of drug-likeness (QED) is 0.482. The van der Waals surface area contributed by atoms with Gasteiger partial charge >= 0.3 is 48.3 Å². The van der Waals surface area contributed by atoms with Crippen LogP contribution in [0, 0.1) is 0 Å². The van der Waals surface area contributed by atoms with Crippen molar-refractivity contribution in [3.63, 3.8) is 0 Å². The number of rotatable bonds is 0. The predicted octanol–water partition coefficient (Wildman–Crippen LogP) is -2.01. The Morgan fingerprint density at radius 3 is 1.12 bits per heavy atom. The van der Waals surface area contributed by atoms with Gasteiger partial charge in [-0.15, -0.1) is 0 Å². The molecule has 0 fully saturated rings. The third kappa shape index (κ3) is 123. The van der Waals surface area contributed by atoms with Gasteiger partial charge in [0.15, 0.2) is 0 Å². The van der Waals surface area contributed by atoms with Crippen molar-refractivity contribution < 1.29 is 63.3 Å². The zero-order chi connectivity index (χ0) is 4.50. The van der Waals surface area contributed by atoms with Crippen LogP contribution >= 0.6 is 0 Å². The zero-order valence-electron chi connectivity index (χ0n) is 2.80. The van der Waals surface area contributed by atoms with Crippen molar-refractivity contribution in [3.05, 3.63) is 0 Å². The summed E-state index contributed by atoms with van der Waals surface area (Å²) in [5, 5.41) is 0. The van der Waals surface area contributed by atoms with Gasteiger partial charge in [-0.25, -0.2) is 0 Å². The van der Waals surface area contributed by atoms with E-state index in [0.717, 1.165) is 0 Å². The van der Waals surface area contributed by atoms with E-state index < -0.39 is 13.4 Å². The molecule has 0 aliphatic heterocycles. The van der Waals surface area contributed by atoms with Crippen molar-refractivity contribution >= 4 is 18.9 Å². The average Bonchev–Trinajstić information content (AvgIpc) is 0.722. The first-order valence-corrected chi connectivity index (χ1v) is 2.67. The molecule has 0 unspecified atom stereocenters. The van der Waals surface area contributed by atoms with Gasteiger partial charge in [-0.05, 0) is 0 Å². The van der Waals surface area contributed by atoms with Crippen molar-refractivity contribution in [2.75, 3.05) is 0 Å². The maximum atomic E-state index is 8.80. The fraction of sp³-hybridized carbons (Fsp3) is 0. The van der Waals surface area contributed by atoms with Crippen LogP contribution in [0.15, 0.2) is 0 Å². The SMILES string of the molecule is [Co].[LiH].[Mn].[O]=[Mn](=[O])([OH])[OH]. The Kier molecular flexibility index (Phi) is 24.5. The first-order valence-electron chi connectivity index (χ1n) is 0.647. The summed E-state index contributed by atoms with van der Waals surface area (Å²) in [7, 11) is 0. The Morgan fingerprint density at radius 1 is 1.12 bits per heavy atom. The third-order valence-electron chi connectivity index (χ3n) is 0. The molecule has 0 aromatic carbocycles. The van der Waals surface area contributed by atoms with Gasteiger partial charge in [0.05, 0.1) is 0 Å². The molecule has 51 valence electrons. The second kappa shape index (κ2) is 8.66. The molecule has 0 bridgehead atoms. The molecule has 0 aromatic rings. The molecule has 4 nitrogen and oxygen atoms in total. The molecule has 0 amide bonds. The Hall–Kier alpha value is 1.66. The molecular weight excluding hydrogens is 240 g/mol. The van der Waals surface area contributed by atoms with E-state index in [1.165, 1.54) is 0 Å². The van der Waals surface area contributed by atoms with E-state index in [9.17, 15) is 0 Å². The van der Waals surface area contributed by atoms with Crippen molar-refractivity contribution in [1.82, 2.24) is 0 Å². The molecule has 0 heterocycles. The summed E-state index contributed by atoms with van der Waals surface area (Å²) in [6.07, 6.45) is 0. The van der Waals surface area contributed by atoms with Gasteiger partial charge in [0, 0.05) is 33.8 Å². The molecule has 0 saturated carbocycles. The van der Waals surface area contributed by atoms with Crippen LogP contribution in [-0.2, 0) is 54.9 Å². The van der Waals surface area contributed by atoms with Crippen molar-refractivity contribution in [3.8, 4) is 0 Å². The van der Waals surface area contributed by atoms with E-state index in [1.54, 1.807) is 0 Å². The topological polar surface area (TPSA) is 74.6 Å². The van der Waals surface area contributed by atoms with Crippen molar-refractivity contribution in [1.29, 1.82) is 0 Å². The molecule has 8 heteroatoms. The predicted molar refractivity (Wildman–Crippen MR) is 13.0 cm³/mol. The van der Waals surface area contributed by atoms with Gasteiger partial charge in [0.25, 0.3) is 0 Å². The van der Waals surface area contributed by atoms with Gasteiger partial charge in [0.2, 0.25) is 0 Å².